The maximum atomic E-state index is 10.8. The van der Waals surface area contributed by atoms with Crippen LogP contribution in [0, 0.1) is 0 Å². The van der Waals surface area contributed by atoms with Crippen LogP contribution in [-0.2, 0) is 0 Å². The third-order valence-electron chi connectivity index (χ3n) is 2.78. The standard InChI is InChI=1S/C16H15ClO5/c17-12-4-6-14(7-5-12)21-9-13(18)10-22-15-3-1-2-11(8-15)16(19)20/h1-8,13,18H,9-10H2,(H,19,20). The van der Waals surface area contributed by atoms with Crippen LogP contribution in [0.25, 0.3) is 0 Å². The first-order valence-corrected chi connectivity index (χ1v) is 6.95. The Balaban J connectivity index is 1.80. The minimum Gasteiger partial charge on any atom is -0.491 e. The average Bonchev–Trinajstić information content (AvgIpc) is 2.52. The van der Waals surface area contributed by atoms with Gasteiger partial charge in [0, 0.05) is 5.02 Å². The van der Waals surface area contributed by atoms with E-state index in [1.54, 1.807) is 36.4 Å². The summed E-state index contributed by atoms with van der Waals surface area (Å²) in [6.45, 7) is 0.0525. The van der Waals surface area contributed by atoms with E-state index in [1.807, 2.05) is 0 Å². The third kappa shape index (κ3) is 4.95. The quantitative estimate of drug-likeness (QED) is 0.819. The summed E-state index contributed by atoms with van der Waals surface area (Å²) in [6.07, 6.45) is -0.843. The van der Waals surface area contributed by atoms with Gasteiger partial charge >= 0.3 is 5.97 Å². The predicted molar refractivity (Wildman–Crippen MR) is 81.9 cm³/mol. The van der Waals surface area contributed by atoms with Crippen molar-refractivity contribution in [3.8, 4) is 11.5 Å². The van der Waals surface area contributed by atoms with Crippen LogP contribution in [0.5, 0.6) is 11.5 Å². The molecule has 0 amide bonds. The lowest BCUT2D eigenvalue weighted by Crippen LogP contribution is -2.25. The number of ether oxygens (including phenoxy) is 2. The third-order valence-corrected chi connectivity index (χ3v) is 3.03. The number of aliphatic hydroxyl groups excluding tert-OH is 1. The van der Waals surface area contributed by atoms with Crippen LogP contribution in [0.2, 0.25) is 5.02 Å². The monoisotopic (exact) mass is 322 g/mol. The molecular formula is C16H15ClO5. The Morgan fingerprint density at radius 2 is 1.68 bits per heavy atom. The van der Waals surface area contributed by atoms with Gasteiger partial charge in [-0.2, -0.15) is 0 Å². The molecule has 0 saturated heterocycles. The highest BCUT2D eigenvalue weighted by Crippen LogP contribution is 2.16. The second kappa shape index (κ2) is 7.68. The molecule has 0 radical (unpaired) electrons. The van der Waals surface area contributed by atoms with Crippen LogP contribution >= 0.6 is 11.6 Å². The Labute approximate surface area is 132 Å². The van der Waals surface area contributed by atoms with Crippen LogP contribution < -0.4 is 9.47 Å². The molecular weight excluding hydrogens is 308 g/mol. The van der Waals surface area contributed by atoms with Crippen molar-refractivity contribution in [2.75, 3.05) is 13.2 Å². The Morgan fingerprint density at radius 3 is 2.32 bits per heavy atom. The summed E-state index contributed by atoms with van der Waals surface area (Å²) in [5, 5.41) is 19.3. The van der Waals surface area contributed by atoms with Gasteiger partial charge in [-0.25, -0.2) is 4.79 Å². The minimum atomic E-state index is -1.03. The fourth-order valence-corrected chi connectivity index (χ4v) is 1.81. The summed E-state index contributed by atoms with van der Waals surface area (Å²) >= 11 is 5.76. The molecule has 2 N–H and O–H groups in total. The summed E-state index contributed by atoms with van der Waals surface area (Å²) in [5.74, 6) is -0.0566. The summed E-state index contributed by atoms with van der Waals surface area (Å²) in [4.78, 5) is 10.8. The van der Waals surface area contributed by atoms with E-state index < -0.39 is 12.1 Å². The highest BCUT2D eigenvalue weighted by Gasteiger charge is 2.08. The van der Waals surface area contributed by atoms with Crippen molar-refractivity contribution < 1.29 is 24.5 Å². The number of rotatable bonds is 7. The van der Waals surface area contributed by atoms with Crippen LogP contribution in [0.1, 0.15) is 10.4 Å². The zero-order valence-corrected chi connectivity index (χ0v) is 12.4. The lowest BCUT2D eigenvalue weighted by atomic mass is 10.2. The first-order chi connectivity index (χ1) is 10.5. The van der Waals surface area contributed by atoms with E-state index in [4.69, 9.17) is 26.2 Å². The fourth-order valence-electron chi connectivity index (χ4n) is 1.68. The number of hydrogen-bond donors (Lipinski definition) is 2. The van der Waals surface area contributed by atoms with Crippen LogP contribution in [0.4, 0.5) is 0 Å². The lowest BCUT2D eigenvalue weighted by Gasteiger charge is -2.14. The average molecular weight is 323 g/mol. The zero-order valence-electron chi connectivity index (χ0n) is 11.6. The van der Waals surface area contributed by atoms with Gasteiger partial charge in [0.2, 0.25) is 0 Å². The summed E-state index contributed by atoms with van der Waals surface area (Å²) < 4.78 is 10.7. The number of carboxylic acid groups (broad SMARTS) is 1. The molecule has 0 spiro atoms. The van der Waals surface area contributed by atoms with E-state index >= 15 is 0 Å². The molecule has 1 unspecified atom stereocenters. The predicted octanol–water partition coefficient (Wildman–Crippen LogP) is 2.86. The molecule has 5 nitrogen and oxygen atoms in total. The maximum absolute atomic E-state index is 10.8. The minimum absolute atomic E-state index is 0.00331. The molecule has 0 aliphatic rings. The Morgan fingerprint density at radius 1 is 1.05 bits per heavy atom. The van der Waals surface area contributed by atoms with Gasteiger partial charge in [0.25, 0.3) is 0 Å². The zero-order chi connectivity index (χ0) is 15.9. The van der Waals surface area contributed by atoms with Gasteiger partial charge in [0.15, 0.2) is 0 Å². The van der Waals surface area contributed by atoms with Gasteiger partial charge in [-0.15, -0.1) is 0 Å². The Kier molecular flexibility index (Phi) is 5.63. The first-order valence-electron chi connectivity index (χ1n) is 6.57. The highest BCUT2D eigenvalue weighted by molar-refractivity contribution is 6.30. The molecule has 2 aromatic rings. The maximum Gasteiger partial charge on any atom is 0.335 e. The Bertz CT molecular complexity index is 627. The molecule has 0 heterocycles. The number of carbonyl (C=O) groups is 1. The number of benzene rings is 2. The van der Waals surface area contributed by atoms with Gasteiger partial charge in [-0.05, 0) is 42.5 Å². The number of aromatic carboxylic acids is 1. The van der Waals surface area contributed by atoms with E-state index in [0.29, 0.717) is 16.5 Å². The summed E-state index contributed by atoms with van der Waals surface area (Å²) in [7, 11) is 0. The summed E-state index contributed by atoms with van der Waals surface area (Å²) in [5.41, 5.74) is 0.129. The van der Waals surface area contributed by atoms with Gasteiger partial charge in [0.05, 0.1) is 5.56 Å². The van der Waals surface area contributed by atoms with Crippen molar-refractivity contribution in [1.82, 2.24) is 0 Å². The number of carboxylic acids is 1. The molecule has 0 aliphatic heterocycles. The second-order valence-electron chi connectivity index (χ2n) is 4.56. The molecule has 0 saturated carbocycles. The number of halogens is 1. The molecule has 6 heteroatoms. The van der Waals surface area contributed by atoms with Crippen molar-refractivity contribution in [3.63, 3.8) is 0 Å². The molecule has 0 fully saturated rings. The van der Waals surface area contributed by atoms with Crippen molar-refractivity contribution in [2.45, 2.75) is 6.10 Å². The topological polar surface area (TPSA) is 76.0 Å². The molecule has 2 aromatic carbocycles. The van der Waals surface area contributed by atoms with Gasteiger partial charge in [0.1, 0.15) is 30.8 Å². The molecule has 0 bridgehead atoms. The van der Waals surface area contributed by atoms with E-state index in [-0.39, 0.29) is 18.8 Å². The molecule has 22 heavy (non-hydrogen) atoms. The van der Waals surface area contributed by atoms with Crippen molar-refractivity contribution in [2.24, 2.45) is 0 Å². The van der Waals surface area contributed by atoms with Crippen molar-refractivity contribution in [3.05, 3.63) is 59.1 Å². The van der Waals surface area contributed by atoms with Crippen LogP contribution in [-0.4, -0.2) is 35.5 Å². The molecule has 2 rings (SSSR count). The Hall–Kier alpha value is -2.24. The molecule has 116 valence electrons. The van der Waals surface area contributed by atoms with E-state index in [1.165, 1.54) is 12.1 Å². The fraction of sp³-hybridized carbons (Fsp3) is 0.188. The van der Waals surface area contributed by atoms with Gasteiger partial charge < -0.3 is 19.7 Å². The van der Waals surface area contributed by atoms with Crippen molar-refractivity contribution in [1.29, 1.82) is 0 Å². The highest BCUT2D eigenvalue weighted by atomic mass is 35.5. The molecule has 0 aromatic heterocycles. The van der Waals surface area contributed by atoms with Crippen molar-refractivity contribution >= 4 is 17.6 Å². The van der Waals surface area contributed by atoms with Crippen LogP contribution in [0.15, 0.2) is 48.5 Å². The first kappa shape index (κ1) is 16.1. The van der Waals surface area contributed by atoms with E-state index in [2.05, 4.69) is 0 Å². The number of hydrogen-bond acceptors (Lipinski definition) is 4. The smallest absolute Gasteiger partial charge is 0.335 e. The largest absolute Gasteiger partial charge is 0.491 e. The van der Waals surface area contributed by atoms with Gasteiger partial charge in [-0.3, -0.25) is 0 Å². The normalized spacial score (nSPS) is 11.7. The SMILES string of the molecule is O=C(O)c1cccc(OCC(O)COc2ccc(Cl)cc2)c1. The van der Waals surface area contributed by atoms with E-state index in [9.17, 15) is 9.90 Å². The van der Waals surface area contributed by atoms with Crippen LogP contribution in [0.3, 0.4) is 0 Å². The van der Waals surface area contributed by atoms with E-state index in [0.717, 1.165) is 0 Å². The van der Waals surface area contributed by atoms with Gasteiger partial charge in [-0.1, -0.05) is 17.7 Å². The molecule has 0 aliphatic carbocycles. The molecule has 1 atom stereocenters. The summed E-state index contributed by atoms with van der Waals surface area (Å²) in [6, 6.07) is 12.9. The second-order valence-corrected chi connectivity index (χ2v) is 5.00. The number of aliphatic hydroxyl groups is 1. The lowest BCUT2D eigenvalue weighted by molar-refractivity contribution is 0.0623.